The van der Waals surface area contributed by atoms with Crippen LogP contribution in [0.3, 0.4) is 0 Å². The number of carbonyl (C=O) groups is 3. The molecule has 0 bridgehead atoms. The van der Waals surface area contributed by atoms with E-state index in [-0.39, 0.29) is 11.6 Å². The van der Waals surface area contributed by atoms with Crippen molar-refractivity contribution >= 4 is 73.6 Å². The molecule has 5 aromatic rings. The van der Waals surface area contributed by atoms with Gasteiger partial charge < -0.3 is 20.7 Å². The van der Waals surface area contributed by atoms with E-state index in [0.717, 1.165) is 31.9 Å². The van der Waals surface area contributed by atoms with Crippen LogP contribution in [0.25, 0.3) is 17.3 Å². The lowest BCUT2D eigenvalue weighted by Crippen LogP contribution is -2.30. The first kappa shape index (κ1) is 32.7. The Morgan fingerprint density at radius 3 is 2.48 bits per heavy atom. The molecular weight excluding hydrogens is 684 g/mol. The molecule has 3 N–H and O–H groups in total. The Labute approximate surface area is 283 Å². The van der Waals surface area contributed by atoms with Gasteiger partial charge in [-0.25, -0.2) is 4.98 Å². The first-order valence-corrected chi connectivity index (χ1v) is 16.6. The molecule has 0 radical (unpaired) electrons. The monoisotopic (exact) mass is 712 g/mol. The molecule has 0 aliphatic rings. The third-order valence-corrected chi connectivity index (χ3v) is 8.91. The van der Waals surface area contributed by atoms with Crippen molar-refractivity contribution in [3.8, 4) is 17.0 Å². The van der Waals surface area contributed by atoms with Crippen LogP contribution in [-0.2, 0) is 9.59 Å². The first-order chi connectivity index (χ1) is 22.3. The van der Waals surface area contributed by atoms with Crippen LogP contribution in [0.5, 0.6) is 5.75 Å². The highest BCUT2D eigenvalue weighted by Gasteiger charge is 2.18. The Morgan fingerprint density at radius 2 is 1.70 bits per heavy atom. The average Bonchev–Trinajstić information content (AvgIpc) is 3.53. The minimum absolute atomic E-state index is 0.0783. The van der Waals surface area contributed by atoms with Gasteiger partial charge in [-0.2, -0.15) is 0 Å². The van der Waals surface area contributed by atoms with Crippen molar-refractivity contribution < 1.29 is 19.1 Å². The van der Waals surface area contributed by atoms with Crippen molar-refractivity contribution in [2.24, 2.45) is 0 Å². The Bertz CT molecular complexity index is 1890. The Kier molecular flexibility index (Phi) is 11.0. The van der Waals surface area contributed by atoms with E-state index < -0.39 is 17.1 Å². The van der Waals surface area contributed by atoms with Crippen LogP contribution in [0.2, 0.25) is 0 Å². The van der Waals surface area contributed by atoms with E-state index in [1.54, 1.807) is 62.6 Å². The summed E-state index contributed by atoms with van der Waals surface area (Å²) in [6, 6.07) is 30.9. The highest BCUT2D eigenvalue weighted by Crippen LogP contribution is 2.30. The first-order valence-electron chi connectivity index (χ1n) is 14.1. The summed E-state index contributed by atoms with van der Waals surface area (Å²) in [6.07, 6.45) is 1.62. The Hall–Kier alpha value is -4.71. The number of anilines is 2. The largest absolute Gasteiger partial charge is 0.497 e. The van der Waals surface area contributed by atoms with Crippen molar-refractivity contribution in [2.75, 3.05) is 17.7 Å². The summed E-state index contributed by atoms with van der Waals surface area (Å²) >= 11 is 6.14. The van der Waals surface area contributed by atoms with Gasteiger partial charge in [0.05, 0.1) is 18.1 Å². The van der Waals surface area contributed by atoms with Crippen LogP contribution in [-0.4, -0.2) is 35.1 Å². The third kappa shape index (κ3) is 8.94. The van der Waals surface area contributed by atoms with Gasteiger partial charge in [-0.15, -0.1) is 23.1 Å². The van der Waals surface area contributed by atoms with Gasteiger partial charge in [0.15, 0.2) is 5.13 Å². The van der Waals surface area contributed by atoms with Gasteiger partial charge in [0.25, 0.3) is 11.8 Å². The number of aromatic nitrogens is 1. The molecule has 0 spiro atoms. The minimum atomic E-state index is -0.493. The predicted octanol–water partition coefficient (Wildman–Crippen LogP) is 8.11. The average molecular weight is 714 g/mol. The standard InChI is InChI=1S/C35H29BrN4O4S2/c1-22(32(41)40-35-39-31(21-45-35)25-12-7-15-28(19-25)44-2)46-29-16-8-14-27(20-29)37-34(43)30(18-23-9-6-13-26(36)17-23)38-33(42)24-10-4-3-5-11-24/h3-22H,1-2H3,(H,37,43)(H,38,42)(H,39,40,41)/b30-18+. The van der Waals surface area contributed by atoms with E-state index >= 15 is 0 Å². The maximum atomic E-state index is 13.5. The van der Waals surface area contributed by atoms with Gasteiger partial charge in [-0.3, -0.25) is 14.4 Å². The topological polar surface area (TPSA) is 109 Å². The molecular formula is C35H29BrN4O4S2. The van der Waals surface area contributed by atoms with Crippen molar-refractivity contribution in [1.82, 2.24) is 10.3 Å². The quantitative estimate of drug-likeness (QED) is 0.0943. The maximum absolute atomic E-state index is 13.5. The molecule has 0 fully saturated rings. The number of ether oxygens (including phenoxy) is 1. The highest BCUT2D eigenvalue weighted by atomic mass is 79.9. The number of rotatable bonds is 11. The van der Waals surface area contributed by atoms with Gasteiger partial charge in [-0.05, 0) is 73.2 Å². The molecule has 0 aliphatic heterocycles. The summed E-state index contributed by atoms with van der Waals surface area (Å²) in [6.45, 7) is 1.81. The predicted molar refractivity (Wildman–Crippen MR) is 189 cm³/mol. The lowest BCUT2D eigenvalue weighted by atomic mass is 10.1. The zero-order chi connectivity index (χ0) is 32.5. The number of nitrogens with one attached hydrogen (secondary N) is 3. The van der Waals surface area contributed by atoms with Crippen molar-refractivity contribution in [3.05, 3.63) is 130 Å². The number of hydrogen-bond donors (Lipinski definition) is 3. The van der Waals surface area contributed by atoms with E-state index in [4.69, 9.17) is 4.74 Å². The van der Waals surface area contributed by atoms with E-state index in [1.807, 2.05) is 66.0 Å². The third-order valence-electron chi connectivity index (χ3n) is 6.56. The summed E-state index contributed by atoms with van der Waals surface area (Å²) in [5, 5.41) is 10.5. The van der Waals surface area contributed by atoms with E-state index in [1.165, 1.54) is 23.1 Å². The van der Waals surface area contributed by atoms with Crippen LogP contribution < -0.4 is 20.7 Å². The number of halogens is 1. The molecule has 3 amide bonds. The van der Waals surface area contributed by atoms with Crippen LogP contribution >= 0.6 is 39.0 Å². The highest BCUT2D eigenvalue weighted by molar-refractivity contribution is 9.10. The SMILES string of the molecule is COc1cccc(-c2csc(NC(=O)C(C)Sc3cccc(NC(=O)/C(=C\c4cccc(Br)c4)NC(=O)c4ccccc4)c3)n2)c1. The van der Waals surface area contributed by atoms with Gasteiger partial charge in [0.1, 0.15) is 11.4 Å². The molecule has 11 heteroatoms. The second-order valence-corrected chi connectivity index (χ2v) is 13.1. The smallest absolute Gasteiger partial charge is 0.272 e. The summed E-state index contributed by atoms with van der Waals surface area (Å²) < 4.78 is 6.13. The van der Waals surface area contributed by atoms with Gasteiger partial charge in [0.2, 0.25) is 5.91 Å². The molecule has 1 unspecified atom stereocenters. The van der Waals surface area contributed by atoms with Crippen LogP contribution in [0, 0.1) is 0 Å². The van der Waals surface area contributed by atoms with Crippen molar-refractivity contribution in [1.29, 1.82) is 0 Å². The summed E-state index contributed by atoms with van der Waals surface area (Å²) in [7, 11) is 1.61. The molecule has 1 heterocycles. The fraction of sp³-hybridized carbons (Fsp3) is 0.0857. The molecule has 5 rings (SSSR count). The molecule has 4 aromatic carbocycles. The Balaban J connectivity index is 1.25. The zero-order valence-corrected chi connectivity index (χ0v) is 28.0. The minimum Gasteiger partial charge on any atom is -0.497 e. The number of nitrogens with zero attached hydrogens (tertiary/aromatic N) is 1. The number of hydrogen-bond acceptors (Lipinski definition) is 7. The number of methoxy groups -OCH3 is 1. The second-order valence-electron chi connectivity index (χ2n) is 9.93. The van der Waals surface area contributed by atoms with E-state index in [2.05, 4.69) is 36.9 Å². The molecule has 1 atom stereocenters. The lowest BCUT2D eigenvalue weighted by molar-refractivity contribution is -0.115. The van der Waals surface area contributed by atoms with Gasteiger partial charge >= 0.3 is 0 Å². The van der Waals surface area contributed by atoms with Crippen molar-refractivity contribution in [2.45, 2.75) is 17.1 Å². The zero-order valence-electron chi connectivity index (χ0n) is 24.8. The lowest BCUT2D eigenvalue weighted by Gasteiger charge is -2.14. The molecule has 46 heavy (non-hydrogen) atoms. The molecule has 0 saturated carbocycles. The molecule has 1 aromatic heterocycles. The molecule has 232 valence electrons. The summed E-state index contributed by atoms with van der Waals surface area (Å²) in [5.41, 5.74) is 3.39. The van der Waals surface area contributed by atoms with Gasteiger partial charge in [0, 0.05) is 31.6 Å². The fourth-order valence-electron chi connectivity index (χ4n) is 4.26. The maximum Gasteiger partial charge on any atom is 0.272 e. The van der Waals surface area contributed by atoms with E-state index in [0.29, 0.717) is 16.4 Å². The number of carbonyl (C=O) groups excluding carboxylic acids is 3. The molecule has 0 aliphatic carbocycles. The van der Waals surface area contributed by atoms with Crippen LogP contribution in [0.4, 0.5) is 10.8 Å². The van der Waals surface area contributed by atoms with Crippen LogP contribution in [0.15, 0.2) is 124 Å². The van der Waals surface area contributed by atoms with Crippen LogP contribution in [0.1, 0.15) is 22.8 Å². The molecule has 8 nitrogen and oxygen atoms in total. The number of amides is 3. The fourth-order valence-corrected chi connectivity index (χ4v) is 6.33. The number of thioether (sulfide) groups is 1. The number of thiazole rings is 1. The molecule has 0 saturated heterocycles. The summed E-state index contributed by atoms with van der Waals surface area (Å²) in [4.78, 5) is 44.8. The Morgan fingerprint density at radius 1 is 0.913 bits per heavy atom. The van der Waals surface area contributed by atoms with E-state index in [9.17, 15) is 14.4 Å². The summed E-state index contributed by atoms with van der Waals surface area (Å²) in [5.74, 6) is -0.369. The second kappa shape index (κ2) is 15.5. The number of benzene rings is 4. The normalized spacial score (nSPS) is 11.8. The van der Waals surface area contributed by atoms with Crippen molar-refractivity contribution in [3.63, 3.8) is 0 Å². The van der Waals surface area contributed by atoms with Gasteiger partial charge in [-0.1, -0.05) is 64.5 Å².